The van der Waals surface area contributed by atoms with E-state index in [9.17, 15) is 4.79 Å². The third-order valence-electron chi connectivity index (χ3n) is 4.48. The van der Waals surface area contributed by atoms with Crippen LogP contribution in [0.25, 0.3) is 22.6 Å². The van der Waals surface area contributed by atoms with Gasteiger partial charge in [0, 0.05) is 18.3 Å². The van der Waals surface area contributed by atoms with Crippen LogP contribution in [0.2, 0.25) is 0 Å². The van der Waals surface area contributed by atoms with Gasteiger partial charge >= 0.3 is 0 Å². The first kappa shape index (κ1) is 18.2. The number of nitrogens with zero attached hydrogens (tertiary/aromatic N) is 5. The molecule has 0 atom stereocenters. The zero-order chi connectivity index (χ0) is 19.5. The van der Waals surface area contributed by atoms with E-state index in [-0.39, 0.29) is 12.5 Å². The second-order valence-electron chi connectivity index (χ2n) is 6.26. The van der Waals surface area contributed by atoms with Gasteiger partial charge in [0.2, 0.25) is 5.91 Å². The fraction of sp³-hybridized carbons (Fsp3) is 0.143. The SMILES string of the molecule is CSc1nc(-c2ccccc2)nc2c1ncn2CC(=O)N(C)c1ccccc1. The van der Waals surface area contributed by atoms with E-state index >= 15 is 0 Å². The molecule has 2 heterocycles. The molecule has 2 aromatic carbocycles. The van der Waals surface area contributed by atoms with Crippen molar-refractivity contribution in [1.82, 2.24) is 19.5 Å². The molecule has 7 heteroatoms. The van der Waals surface area contributed by atoms with E-state index in [1.54, 1.807) is 22.8 Å². The van der Waals surface area contributed by atoms with Crippen molar-refractivity contribution in [3.8, 4) is 11.4 Å². The molecule has 0 spiro atoms. The Morgan fingerprint density at radius 3 is 2.39 bits per heavy atom. The van der Waals surface area contributed by atoms with Crippen molar-refractivity contribution >= 4 is 34.5 Å². The Balaban J connectivity index is 1.71. The number of hydrogen-bond donors (Lipinski definition) is 0. The molecule has 4 rings (SSSR count). The van der Waals surface area contributed by atoms with Crippen molar-refractivity contribution in [1.29, 1.82) is 0 Å². The largest absolute Gasteiger partial charge is 0.314 e. The van der Waals surface area contributed by atoms with Crippen molar-refractivity contribution < 1.29 is 4.79 Å². The van der Waals surface area contributed by atoms with Crippen LogP contribution in [0.5, 0.6) is 0 Å². The molecule has 0 aliphatic heterocycles. The molecule has 0 saturated heterocycles. The van der Waals surface area contributed by atoms with Crippen LogP contribution < -0.4 is 4.90 Å². The molecule has 4 aromatic rings. The molecule has 2 aromatic heterocycles. The minimum Gasteiger partial charge on any atom is -0.314 e. The van der Waals surface area contributed by atoms with Gasteiger partial charge in [0.1, 0.15) is 17.1 Å². The van der Waals surface area contributed by atoms with Crippen molar-refractivity contribution in [2.45, 2.75) is 11.6 Å². The summed E-state index contributed by atoms with van der Waals surface area (Å²) in [6, 6.07) is 19.4. The lowest BCUT2D eigenvalue weighted by Gasteiger charge is -2.17. The number of rotatable bonds is 5. The van der Waals surface area contributed by atoms with Crippen LogP contribution in [-0.2, 0) is 11.3 Å². The van der Waals surface area contributed by atoms with Crippen LogP contribution in [0.4, 0.5) is 5.69 Å². The molecule has 28 heavy (non-hydrogen) atoms. The van der Waals surface area contributed by atoms with Crippen molar-refractivity contribution in [2.75, 3.05) is 18.2 Å². The topological polar surface area (TPSA) is 63.9 Å². The smallest absolute Gasteiger partial charge is 0.246 e. The molecule has 0 N–H and O–H groups in total. The van der Waals surface area contributed by atoms with Crippen LogP contribution >= 0.6 is 11.8 Å². The Hall–Kier alpha value is -3.19. The first-order chi connectivity index (χ1) is 13.7. The van der Waals surface area contributed by atoms with Gasteiger partial charge in [0.15, 0.2) is 11.5 Å². The van der Waals surface area contributed by atoms with E-state index in [0.29, 0.717) is 17.0 Å². The molecule has 6 nitrogen and oxygen atoms in total. The number of amides is 1. The van der Waals surface area contributed by atoms with Crippen LogP contribution in [0.1, 0.15) is 0 Å². The molecule has 0 bridgehead atoms. The van der Waals surface area contributed by atoms with E-state index in [4.69, 9.17) is 4.98 Å². The van der Waals surface area contributed by atoms with Crippen molar-refractivity contribution in [2.24, 2.45) is 0 Å². The Morgan fingerprint density at radius 1 is 1.04 bits per heavy atom. The summed E-state index contributed by atoms with van der Waals surface area (Å²) >= 11 is 1.52. The normalized spacial score (nSPS) is 10.9. The fourth-order valence-corrected chi connectivity index (χ4v) is 3.46. The van der Waals surface area contributed by atoms with Crippen LogP contribution in [0.15, 0.2) is 72.0 Å². The number of aromatic nitrogens is 4. The zero-order valence-electron chi connectivity index (χ0n) is 15.6. The maximum atomic E-state index is 12.8. The predicted molar refractivity (Wildman–Crippen MR) is 112 cm³/mol. The number of anilines is 1. The number of likely N-dealkylation sites (N-methyl/N-ethyl adjacent to an activating group) is 1. The van der Waals surface area contributed by atoms with Gasteiger partial charge in [-0.3, -0.25) is 4.79 Å². The molecule has 0 aliphatic rings. The number of carbonyl (C=O) groups is 1. The maximum Gasteiger partial charge on any atom is 0.246 e. The van der Waals surface area contributed by atoms with E-state index in [2.05, 4.69) is 9.97 Å². The Labute approximate surface area is 167 Å². The highest BCUT2D eigenvalue weighted by molar-refractivity contribution is 7.98. The number of hydrogen-bond acceptors (Lipinski definition) is 5. The van der Waals surface area contributed by atoms with E-state index in [1.165, 1.54) is 11.8 Å². The highest BCUT2D eigenvalue weighted by Gasteiger charge is 2.17. The highest BCUT2D eigenvalue weighted by atomic mass is 32.2. The average Bonchev–Trinajstić information content (AvgIpc) is 3.16. The molecule has 0 aliphatic carbocycles. The van der Waals surface area contributed by atoms with E-state index in [1.807, 2.05) is 66.9 Å². The number of thioether (sulfide) groups is 1. The number of carbonyl (C=O) groups excluding carboxylic acids is 1. The van der Waals surface area contributed by atoms with Gasteiger partial charge in [-0.05, 0) is 18.4 Å². The number of fused-ring (bicyclic) bond motifs is 1. The lowest BCUT2D eigenvalue weighted by molar-refractivity contribution is -0.118. The van der Waals surface area contributed by atoms with Gasteiger partial charge < -0.3 is 9.47 Å². The van der Waals surface area contributed by atoms with Crippen LogP contribution in [0.3, 0.4) is 0 Å². The van der Waals surface area contributed by atoms with Crippen LogP contribution in [0, 0.1) is 0 Å². The molecule has 0 unspecified atom stereocenters. The predicted octanol–water partition coefficient (Wildman–Crippen LogP) is 3.88. The number of para-hydroxylation sites is 1. The van der Waals surface area contributed by atoms with Gasteiger partial charge in [-0.25, -0.2) is 15.0 Å². The summed E-state index contributed by atoms with van der Waals surface area (Å²) in [6.07, 6.45) is 3.62. The fourth-order valence-electron chi connectivity index (χ4n) is 2.94. The summed E-state index contributed by atoms with van der Waals surface area (Å²) in [7, 11) is 1.77. The van der Waals surface area contributed by atoms with Crippen molar-refractivity contribution in [3.63, 3.8) is 0 Å². The highest BCUT2D eigenvalue weighted by Crippen LogP contribution is 2.26. The summed E-state index contributed by atoms with van der Waals surface area (Å²) < 4.78 is 1.78. The first-order valence-corrected chi connectivity index (χ1v) is 10.0. The third kappa shape index (κ3) is 3.48. The van der Waals surface area contributed by atoms with Gasteiger partial charge in [0.05, 0.1) is 6.33 Å². The third-order valence-corrected chi connectivity index (χ3v) is 5.15. The zero-order valence-corrected chi connectivity index (χ0v) is 16.4. The second-order valence-corrected chi connectivity index (χ2v) is 7.05. The minimum atomic E-state index is -0.0453. The summed E-state index contributed by atoms with van der Waals surface area (Å²) in [4.78, 5) is 28.2. The van der Waals surface area contributed by atoms with Crippen molar-refractivity contribution in [3.05, 3.63) is 67.0 Å². The summed E-state index contributed by atoms with van der Waals surface area (Å²) in [6.45, 7) is 0.154. The quantitative estimate of drug-likeness (QED) is 0.383. The van der Waals surface area contributed by atoms with Gasteiger partial charge in [-0.2, -0.15) is 0 Å². The summed E-state index contributed by atoms with van der Waals surface area (Å²) in [5.41, 5.74) is 3.15. The molecular weight excluding hydrogens is 370 g/mol. The van der Waals surface area contributed by atoms with E-state index < -0.39 is 0 Å². The number of benzene rings is 2. The standard InChI is InChI=1S/C21H19N5OS/c1-25(16-11-7-4-8-12-16)17(27)13-26-14-22-18-20(26)23-19(24-21(18)28-2)15-9-5-3-6-10-15/h3-12,14H,13H2,1-2H3. The Bertz CT molecular complexity index is 1110. The van der Waals surface area contributed by atoms with Gasteiger partial charge in [-0.1, -0.05) is 48.5 Å². The lowest BCUT2D eigenvalue weighted by Crippen LogP contribution is -2.29. The molecule has 140 valence electrons. The Morgan fingerprint density at radius 2 is 1.71 bits per heavy atom. The summed E-state index contributed by atoms with van der Waals surface area (Å²) in [5, 5.41) is 0.798. The minimum absolute atomic E-state index is 0.0453. The van der Waals surface area contributed by atoms with E-state index in [0.717, 1.165) is 16.3 Å². The molecule has 0 fully saturated rings. The molecule has 0 radical (unpaired) electrons. The van der Waals surface area contributed by atoms with Gasteiger partial charge in [0.25, 0.3) is 0 Å². The van der Waals surface area contributed by atoms with Crippen LogP contribution in [-0.4, -0.2) is 38.7 Å². The first-order valence-electron chi connectivity index (χ1n) is 8.81. The lowest BCUT2D eigenvalue weighted by atomic mass is 10.2. The Kier molecular flexibility index (Phi) is 5.08. The monoisotopic (exact) mass is 389 g/mol. The molecular formula is C21H19N5OS. The summed E-state index contributed by atoms with van der Waals surface area (Å²) in [5.74, 6) is 0.583. The average molecular weight is 389 g/mol. The second kappa shape index (κ2) is 7.82. The maximum absolute atomic E-state index is 12.8. The number of imidazole rings is 1. The molecule has 0 saturated carbocycles. The molecule has 1 amide bonds. The van der Waals surface area contributed by atoms with Gasteiger partial charge in [-0.15, -0.1) is 11.8 Å².